The highest BCUT2D eigenvalue weighted by molar-refractivity contribution is 5.79. The lowest BCUT2D eigenvalue weighted by Gasteiger charge is -2.09. The molecule has 0 radical (unpaired) electrons. The van der Waals surface area contributed by atoms with Crippen LogP contribution in [0.25, 0.3) is 10.9 Å². The molecular weight excluding hydrogens is 271 g/mol. The minimum Gasteiger partial charge on any atom is -0.449 e. The summed E-state index contributed by atoms with van der Waals surface area (Å²) in [5.74, 6) is 0.0131. The average molecular weight is 290 g/mol. The molecule has 0 saturated carbocycles. The fraction of sp³-hybridized carbons (Fsp3) is 0.375. The summed E-state index contributed by atoms with van der Waals surface area (Å²) >= 11 is 0. The summed E-state index contributed by atoms with van der Waals surface area (Å²) in [6.07, 6.45) is 1.58. The van der Waals surface area contributed by atoms with Crippen molar-refractivity contribution in [1.82, 2.24) is 10.3 Å². The first kappa shape index (κ1) is 15.2. The van der Waals surface area contributed by atoms with Crippen LogP contribution in [0.5, 0.6) is 0 Å². The van der Waals surface area contributed by atoms with Gasteiger partial charge in [0.25, 0.3) is 0 Å². The molecule has 4 nitrogen and oxygen atoms in total. The number of benzene rings is 1. The first-order valence-electron chi connectivity index (χ1n) is 7.00. The van der Waals surface area contributed by atoms with Gasteiger partial charge in [0, 0.05) is 18.1 Å². The number of carbonyl (C=O) groups is 1. The molecule has 1 heterocycles. The standard InChI is InChI=1S/C16H19FN2O2/c1-11(2)10-21-16(20)19-9-7-12-5-6-14-13(15(12)17)4-3-8-18-14/h3-6,8,11H,7,9-10H2,1-2H3,(H,19,20). The topological polar surface area (TPSA) is 51.2 Å². The second-order valence-corrected chi connectivity index (χ2v) is 5.28. The Hall–Kier alpha value is -2.17. The number of hydrogen-bond donors (Lipinski definition) is 1. The lowest BCUT2D eigenvalue weighted by atomic mass is 10.1. The third kappa shape index (κ3) is 4.15. The summed E-state index contributed by atoms with van der Waals surface area (Å²) in [4.78, 5) is 15.5. The molecule has 0 aliphatic carbocycles. The van der Waals surface area contributed by atoms with E-state index in [2.05, 4.69) is 10.3 Å². The van der Waals surface area contributed by atoms with E-state index in [0.29, 0.717) is 42.0 Å². The van der Waals surface area contributed by atoms with Crippen molar-refractivity contribution in [1.29, 1.82) is 0 Å². The van der Waals surface area contributed by atoms with Crippen LogP contribution in [0.4, 0.5) is 9.18 Å². The van der Waals surface area contributed by atoms with Gasteiger partial charge in [0.05, 0.1) is 12.1 Å². The van der Waals surface area contributed by atoms with Crippen molar-refractivity contribution in [3.05, 3.63) is 41.8 Å². The van der Waals surface area contributed by atoms with Crippen molar-refractivity contribution >= 4 is 17.0 Å². The fourth-order valence-electron chi connectivity index (χ4n) is 1.95. The molecule has 21 heavy (non-hydrogen) atoms. The van der Waals surface area contributed by atoms with Crippen molar-refractivity contribution in [3.63, 3.8) is 0 Å². The predicted octanol–water partition coefficient (Wildman–Crippen LogP) is 3.30. The summed E-state index contributed by atoms with van der Waals surface area (Å²) in [6.45, 7) is 4.64. The number of aromatic nitrogens is 1. The fourth-order valence-corrected chi connectivity index (χ4v) is 1.95. The molecule has 0 bridgehead atoms. The van der Waals surface area contributed by atoms with Crippen molar-refractivity contribution < 1.29 is 13.9 Å². The predicted molar refractivity (Wildman–Crippen MR) is 79.6 cm³/mol. The van der Waals surface area contributed by atoms with Gasteiger partial charge in [0.15, 0.2) is 0 Å². The highest BCUT2D eigenvalue weighted by atomic mass is 19.1. The lowest BCUT2D eigenvalue weighted by molar-refractivity contribution is 0.133. The molecule has 2 aromatic rings. The zero-order valence-corrected chi connectivity index (χ0v) is 12.2. The van der Waals surface area contributed by atoms with E-state index in [9.17, 15) is 9.18 Å². The van der Waals surface area contributed by atoms with Crippen LogP contribution in [0.15, 0.2) is 30.5 Å². The van der Waals surface area contributed by atoms with Crippen LogP contribution in [0.1, 0.15) is 19.4 Å². The molecule has 2 rings (SSSR count). The maximum absolute atomic E-state index is 14.3. The van der Waals surface area contributed by atoms with E-state index in [1.807, 2.05) is 13.8 Å². The molecular formula is C16H19FN2O2. The number of halogens is 1. The van der Waals surface area contributed by atoms with Crippen molar-refractivity contribution in [2.24, 2.45) is 5.92 Å². The molecule has 0 fully saturated rings. The zero-order chi connectivity index (χ0) is 15.2. The Bertz CT molecular complexity index is 629. The molecule has 0 saturated heterocycles. The molecule has 112 valence electrons. The van der Waals surface area contributed by atoms with Gasteiger partial charge in [-0.25, -0.2) is 9.18 Å². The summed E-state index contributed by atoms with van der Waals surface area (Å²) in [7, 11) is 0. The number of ether oxygens (including phenoxy) is 1. The molecule has 5 heteroatoms. The molecule has 1 aromatic carbocycles. The van der Waals surface area contributed by atoms with Gasteiger partial charge in [-0.1, -0.05) is 19.9 Å². The molecule has 0 spiro atoms. The van der Waals surface area contributed by atoms with Gasteiger partial charge in [-0.15, -0.1) is 0 Å². The summed E-state index contributed by atoms with van der Waals surface area (Å²) in [5, 5.41) is 3.12. The number of alkyl carbamates (subject to hydrolysis) is 1. The molecule has 0 aliphatic rings. The van der Waals surface area contributed by atoms with E-state index in [-0.39, 0.29) is 5.82 Å². The average Bonchev–Trinajstić information content (AvgIpc) is 2.48. The zero-order valence-electron chi connectivity index (χ0n) is 12.2. The minimum atomic E-state index is -0.466. The van der Waals surface area contributed by atoms with Gasteiger partial charge in [-0.3, -0.25) is 4.98 Å². The quantitative estimate of drug-likeness (QED) is 0.919. The van der Waals surface area contributed by atoms with E-state index in [4.69, 9.17) is 4.74 Å². The number of pyridine rings is 1. The molecule has 1 aromatic heterocycles. The maximum Gasteiger partial charge on any atom is 0.407 e. The number of nitrogens with zero attached hydrogens (tertiary/aromatic N) is 1. The van der Waals surface area contributed by atoms with E-state index in [1.165, 1.54) is 0 Å². The van der Waals surface area contributed by atoms with Crippen LogP contribution in [0.3, 0.4) is 0 Å². The van der Waals surface area contributed by atoms with Gasteiger partial charge >= 0.3 is 6.09 Å². The molecule has 0 aliphatic heterocycles. The first-order chi connectivity index (χ1) is 10.1. The third-order valence-electron chi connectivity index (χ3n) is 3.01. The van der Waals surface area contributed by atoms with Crippen LogP contribution in [-0.4, -0.2) is 24.2 Å². The Morgan fingerprint density at radius 3 is 2.95 bits per heavy atom. The second-order valence-electron chi connectivity index (χ2n) is 5.28. The largest absolute Gasteiger partial charge is 0.449 e. The number of amides is 1. The van der Waals surface area contributed by atoms with Gasteiger partial charge < -0.3 is 10.1 Å². The van der Waals surface area contributed by atoms with Gasteiger partial charge in [0.1, 0.15) is 5.82 Å². The maximum atomic E-state index is 14.3. The number of nitrogens with one attached hydrogen (secondary N) is 1. The summed E-state index contributed by atoms with van der Waals surface area (Å²) < 4.78 is 19.3. The second kappa shape index (κ2) is 7.02. The monoisotopic (exact) mass is 290 g/mol. The Kier molecular flexibility index (Phi) is 5.09. The first-order valence-corrected chi connectivity index (χ1v) is 7.00. The lowest BCUT2D eigenvalue weighted by Crippen LogP contribution is -2.27. The number of rotatable bonds is 5. The third-order valence-corrected chi connectivity index (χ3v) is 3.01. The van der Waals surface area contributed by atoms with Crippen LogP contribution in [0, 0.1) is 11.7 Å². The Morgan fingerprint density at radius 2 is 2.19 bits per heavy atom. The van der Waals surface area contributed by atoms with Crippen molar-refractivity contribution in [2.75, 3.05) is 13.2 Å². The summed E-state index contributed by atoms with van der Waals surface area (Å²) in [6, 6.07) is 6.89. The summed E-state index contributed by atoms with van der Waals surface area (Å²) in [5.41, 5.74) is 1.18. The molecule has 0 atom stereocenters. The number of carbonyl (C=O) groups excluding carboxylic acids is 1. The van der Waals surface area contributed by atoms with Crippen molar-refractivity contribution in [2.45, 2.75) is 20.3 Å². The van der Waals surface area contributed by atoms with Gasteiger partial charge in [0.2, 0.25) is 0 Å². The van der Waals surface area contributed by atoms with Gasteiger partial charge in [-0.2, -0.15) is 0 Å². The number of hydrogen-bond acceptors (Lipinski definition) is 3. The molecule has 0 unspecified atom stereocenters. The van der Waals surface area contributed by atoms with E-state index >= 15 is 0 Å². The van der Waals surface area contributed by atoms with E-state index in [0.717, 1.165) is 0 Å². The van der Waals surface area contributed by atoms with Crippen LogP contribution >= 0.6 is 0 Å². The minimum absolute atomic E-state index is 0.280. The van der Waals surface area contributed by atoms with E-state index < -0.39 is 6.09 Å². The van der Waals surface area contributed by atoms with Crippen LogP contribution in [0.2, 0.25) is 0 Å². The molecule has 1 amide bonds. The Labute approximate surface area is 123 Å². The van der Waals surface area contributed by atoms with E-state index in [1.54, 1.807) is 30.5 Å². The van der Waals surface area contributed by atoms with Gasteiger partial charge in [-0.05, 0) is 36.1 Å². The Morgan fingerprint density at radius 1 is 1.38 bits per heavy atom. The number of fused-ring (bicyclic) bond motifs is 1. The van der Waals surface area contributed by atoms with Crippen LogP contribution < -0.4 is 5.32 Å². The van der Waals surface area contributed by atoms with Crippen LogP contribution in [-0.2, 0) is 11.2 Å². The SMILES string of the molecule is CC(C)COC(=O)NCCc1ccc2ncccc2c1F. The Balaban J connectivity index is 1.92. The normalized spacial score (nSPS) is 10.9. The smallest absolute Gasteiger partial charge is 0.407 e. The van der Waals surface area contributed by atoms with Crippen molar-refractivity contribution in [3.8, 4) is 0 Å². The highest BCUT2D eigenvalue weighted by Gasteiger charge is 2.09. The highest BCUT2D eigenvalue weighted by Crippen LogP contribution is 2.19. The molecule has 1 N–H and O–H groups in total.